The van der Waals surface area contributed by atoms with Gasteiger partial charge in [0.2, 0.25) is 6.79 Å². The lowest BCUT2D eigenvalue weighted by atomic mass is 9.74. The van der Waals surface area contributed by atoms with Crippen LogP contribution in [-0.2, 0) is 38.1 Å². The number of phenolic OH excluding ortho intramolecular Hbond substituents is 1. The molecular weight excluding hydrogens is 774 g/mol. The maximum Gasteiger partial charge on any atom is 0.313 e. The fourth-order valence-corrected chi connectivity index (χ4v) is 7.70. The Morgan fingerprint density at radius 3 is 2.03 bits per heavy atom. The summed E-state index contributed by atoms with van der Waals surface area (Å²) in [6.07, 6.45) is -2.43. The number of ketones is 1. The van der Waals surface area contributed by atoms with E-state index in [1.54, 1.807) is 0 Å². The number of allylic oxidation sites excluding steroid dienone is 5. The van der Waals surface area contributed by atoms with Crippen molar-refractivity contribution in [1.29, 1.82) is 0 Å². The van der Waals surface area contributed by atoms with Gasteiger partial charge in [0.25, 0.3) is 5.91 Å². The topological polar surface area (TPSA) is 265 Å². The molecule has 0 aromatic heterocycles. The number of phenols is 1. The third kappa shape index (κ3) is 8.99. The molecule has 0 saturated heterocycles. The van der Waals surface area contributed by atoms with Crippen LogP contribution in [0.3, 0.4) is 0 Å². The number of esters is 3. The number of methoxy groups -OCH3 is 1. The maximum absolute atomic E-state index is 14.0. The summed E-state index contributed by atoms with van der Waals surface area (Å²) < 4.78 is 27.8. The Morgan fingerprint density at radius 2 is 1.46 bits per heavy atom. The third-order valence-electron chi connectivity index (χ3n) is 10.9. The molecular formula is C42H53NO16. The number of hydrogen-bond donors (Lipinski definition) is 7. The molecule has 1 aromatic rings. The van der Waals surface area contributed by atoms with Crippen LogP contribution in [-0.4, -0.2) is 110 Å². The number of aromatic hydroxyl groups is 1. The molecule has 322 valence electrons. The van der Waals surface area contributed by atoms with Gasteiger partial charge in [0.05, 0.1) is 42.2 Å². The number of aliphatic hydroxyl groups is 5. The molecule has 3 aliphatic heterocycles. The van der Waals surface area contributed by atoms with E-state index in [1.807, 2.05) is 0 Å². The number of amides is 1. The van der Waals surface area contributed by atoms with Crippen molar-refractivity contribution < 1.29 is 78.3 Å². The van der Waals surface area contributed by atoms with Crippen LogP contribution in [0, 0.1) is 24.7 Å². The molecule has 7 N–H and O–H groups in total. The predicted octanol–water partition coefficient (Wildman–Crippen LogP) is 2.79. The Labute approximate surface area is 341 Å². The van der Waals surface area contributed by atoms with E-state index >= 15 is 0 Å². The van der Waals surface area contributed by atoms with E-state index in [0.717, 1.165) is 27.0 Å². The summed E-state index contributed by atoms with van der Waals surface area (Å²) in [5.74, 6) is -9.88. The van der Waals surface area contributed by atoms with Crippen LogP contribution in [0.2, 0.25) is 0 Å². The molecule has 5 rings (SSSR count). The molecule has 9 atom stereocenters. The van der Waals surface area contributed by atoms with Crippen molar-refractivity contribution in [3.8, 4) is 11.5 Å². The number of carbonyl (C=O) groups excluding carboxylic acids is 5. The molecule has 1 aromatic carbocycles. The van der Waals surface area contributed by atoms with Gasteiger partial charge in [-0.25, -0.2) is 0 Å². The van der Waals surface area contributed by atoms with Gasteiger partial charge in [-0.3, -0.25) is 24.0 Å². The van der Waals surface area contributed by atoms with Crippen LogP contribution < -0.4 is 10.1 Å². The summed E-state index contributed by atoms with van der Waals surface area (Å²) in [6, 6.07) is 0. The molecule has 17 nitrogen and oxygen atoms in total. The maximum atomic E-state index is 14.0. The van der Waals surface area contributed by atoms with Gasteiger partial charge in [-0.05, 0) is 59.3 Å². The number of hydrogen-bond acceptors (Lipinski definition) is 16. The predicted molar refractivity (Wildman–Crippen MR) is 209 cm³/mol. The molecule has 59 heavy (non-hydrogen) atoms. The number of ether oxygens (including phenoxy) is 5. The van der Waals surface area contributed by atoms with Crippen molar-refractivity contribution in [2.75, 3.05) is 19.2 Å². The second kappa shape index (κ2) is 17.5. The molecule has 4 aliphatic rings. The molecule has 1 aliphatic carbocycles. The van der Waals surface area contributed by atoms with Crippen molar-refractivity contribution in [2.45, 2.75) is 105 Å². The molecule has 0 saturated carbocycles. The number of rotatable bonds is 3. The van der Waals surface area contributed by atoms with E-state index in [2.05, 4.69) is 5.32 Å². The summed E-state index contributed by atoms with van der Waals surface area (Å²) in [6.45, 7) is 12.6. The lowest BCUT2D eigenvalue weighted by molar-refractivity contribution is -0.180. The number of aliphatic hydroxyl groups excluding tert-OH is 3. The van der Waals surface area contributed by atoms with E-state index in [-0.39, 0.29) is 61.9 Å². The van der Waals surface area contributed by atoms with E-state index in [1.165, 1.54) is 73.6 Å². The second-order valence-corrected chi connectivity index (χ2v) is 15.6. The summed E-state index contributed by atoms with van der Waals surface area (Å²) in [5, 5.41) is 72.8. The Bertz CT molecular complexity index is 2090. The largest absolute Gasteiger partial charge is 0.505 e. The molecule has 17 heteroatoms. The van der Waals surface area contributed by atoms with Crippen LogP contribution in [0.15, 0.2) is 52.5 Å². The second-order valence-electron chi connectivity index (χ2n) is 15.6. The zero-order valence-corrected chi connectivity index (χ0v) is 34.8. The average Bonchev–Trinajstić information content (AvgIpc) is 3.16. The van der Waals surface area contributed by atoms with Crippen molar-refractivity contribution in [2.24, 2.45) is 17.8 Å². The van der Waals surface area contributed by atoms with E-state index in [9.17, 15) is 54.6 Å². The minimum atomic E-state index is -2.25. The number of anilines is 1. The first-order valence-electron chi connectivity index (χ1n) is 18.8. The minimum Gasteiger partial charge on any atom is -0.505 e. The summed E-state index contributed by atoms with van der Waals surface area (Å²) in [4.78, 5) is 65.8. The number of Topliss-reactive ketones (excluding diaryl/α,β-unsaturated/α-hetero) is 1. The van der Waals surface area contributed by atoms with Gasteiger partial charge < -0.3 is 59.6 Å². The lowest BCUT2D eigenvalue weighted by Gasteiger charge is -2.41. The Kier molecular flexibility index (Phi) is 13.7. The van der Waals surface area contributed by atoms with Crippen molar-refractivity contribution in [3.05, 3.63) is 69.2 Å². The standard InChI is InChI=1S/C42H53NO16/c1-17-13-12-14-41(9,53)38(59-24(8)45)22(6)32(48)28(40(52)55-11)31(47)21(5)37(50)42(10,54)15-18(2)34-27-25-26(30(46)20(4)35(27)57-16-56-34)33(49)29(43-39(17)51)19(3)36(25)58-23(7)44/h12-15,21-22,28,31-32,37-38,47-50,53-54H,16H2,1-11H3,(H,43,51)/b14-12-,17-13+,18-15+/t21-,22-,28-,31+,32+,37+,38-,41-,42+/m0/s1. The smallest absolute Gasteiger partial charge is 0.313 e. The van der Waals surface area contributed by atoms with Gasteiger partial charge in [0.1, 0.15) is 40.5 Å². The molecule has 3 heterocycles. The van der Waals surface area contributed by atoms with E-state index in [4.69, 9.17) is 23.7 Å². The summed E-state index contributed by atoms with van der Waals surface area (Å²) in [7, 11) is 1.01. The molecule has 4 bridgehead atoms. The van der Waals surface area contributed by atoms with Crippen molar-refractivity contribution in [1.82, 2.24) is 0 Å². The van der Waals surface area contributed by atoms with E-state index in [0.29, 0.717) is 0 Å². The molecule has 0 spiro atoms. The lowest BCUT2D eigenvalue weighted by Crippen LogP contribution is -2.55. The minimum absolute atomic E-state index is 0.00215. The first-order chi connectivity index (χ1) is 27.3. The van der Waals surface area contributed by atoms with Crippen LogP contribution in [0.25, 0.3) is 5.57 Å². The Hall–Kier alpha value is -5.33. The molecule has 1 amide bonds. The van der Waals surface area contributed by atoms with Gasteiger partial charge in [-0.1, -0.05) is 26.0 Å². The quantitative estimate of drug-likeness (QED) is 0.131. The highest BCUT2D eigenvalue weighted by molar-refractivity contribution is 6.21. The monoisotopic (exact) mass is 827 g/mol. The van der Waals surface area contributed by atoms with Crippen LogP contribution in [0.4, 0.5) is 5.69 Å². The highest BCUT2D eigenvalue weighted by Crippen LogP contribution is 2.53. The normalized spacial score (nSPS) is 33.0. The average molecular weight is 828 g/mol. The van der Waals surface area contributed by atoms with Gasteiger partial charge in [-0.2, -0.15) is 0 Å². The fourth-order valence-electron chi connectivity index (χ4n) is 7.70. The molecule has 0 unspecified atom stereocenters. The number of carbonyl (C=O) groups is 5. The highest BCUT2D eigenvalue weighted by Gasteiger charge is 2.49. The SMILES string of the molecule is COC(=O)[C@H]1[C@H](O)[C@H](C)[C@@H](O)[C@](C)(O)/C=C(\C)C2=C3C(=C(C)C(=O)c4c(O)c(c(C)c(OC(C)=O)c43)NC(=O)/C(C)=C/C=C\[C@](C)(O)[C@@H](OC(C)=O)[C@@H](C)[C@H]1O)OCO2. The van der Waals surface area contributed by atoms with Gasteiger partial charge in [0.15, 0.2) is 11.5 Å². The number of nitrogens with one attached hydrogen (secondary N) is 1. The highest BCUT2D eigenvalue weighted by atomic mass is 16.7. The Balaban J connectivity index is 2.10. The van der Waals surface area contributed by atoms with Crippen molar-refractivity contribution in [3.63, 3.8) is 0 Å². The molecule has 0 radical (unpaired) electrons. The van der Waals surface area contributed by atoms with Crippen molar-refractivity contribution >= 4 is 40.9 Å². The van der Waals surface area contributed by atoms with Crippen LogP contribution >= 0.6 is 0 Å². The zero-order valence-electron chi connectivity index (χ0n) is 34.8. The van der Waals surface area contributed by atoms with Gasteiger partial charge in [-0.15, -0.1) is 0 Å². The van der Waals surface area contributed by atoms with Crippen LogP contribution in [0.1, 0.15) is 83.8 Å². The fraction of sp³-hybridized carbons (Fsp3) is 0.500. The Morgan fingerprint density at radius 1 is 0.864 bits per heavy atom. The summed E-state index contributed by atoms with van der Waals surface area (Å²) >= 11 is 0. The summed E-state index contributed by atoms with van der Waals surface area (Å²) in [5.41, 5.74) is -4.97. The first kappa shape index (κ1) is 46.4. The number of fused-ring (bicyclic) bond motifs is 14. The molecule has 0 fully saturated rings. The van der Waals surface area contributed by atoms with Gasteiger partial charge in [0, 0.05) is 48.0 Å². The van der Waals surface area contributed by atoms with Gasteiger partial charge >= 0.3 is 17.9 Å². The number of benzene rings is 1. The third-order valence-corrected chi connectivity index (χ3v) is 10.9. The van der Waals surface area contributed by atoms with Crippen LogP contribution in [0.5, 0.6) is 11.5 Å². The zero-order chi connectivity index (χ0) is 44.6. The van der Waals surface area contributed by atoms with E-state index < -0.39 is 95.5 Å². The first-order valence-corrected chi connectivity index (χ1v) is 18.8.